The Morgan fingerprint density at radius 1 is 1.25 bits per heavy atom. The number of imide groups is 1. The van der Waals surface area contributed by atoms with Gasteiger partial charge in [0, 0.05) is 19.1 Å². The molecule has 0 unspecified atom stereocenters. The normalized spacial score (nSPS) is 10.8. The van der Waals surface area contributed by atoms with E-state index in [1.54, 1.807) is 18.2 Å². The van der Waals surface area contributed by atoms with Gasteiger partial charge in [0.1, 0.15) is 23.0 Å². The summed E-state index contributed by atoms with van der Waals surface area (Å²) < 4.78 is 34.8. The summed E-state index contributed by atoms with van der Waals surface area (Å²) in [6.45, 7) is -0.0861. The molecule has 0 aliphatic heterocycles. The second kappa shape index (κ2) is 8.07. The second-order valence-corrected chi connectivity index (χ2v) is 7.45. The molecule has 0 saturated heterocycles. The molecule has 6 nitrogen and oxygen atoms in total. The Bertz CT molecular complexity index is 1070. The van der Waals surface area contributed by atoms with Crippen LogP contribution >= 0.6 is 22.9 Å². The zero-order valence-corrected chi connectivity index (χ0v) is 16.3. The number of urea groups is 1. The highest BCUT2D eigenvalue weighted by Crippen LogP contribution is 2.28. The van der Waals surface area contributed by atoms with Crippen LogP contribution < -0.4 is 10.1 Å². The second-order valence-electron chi connectivity index (χ2n) is 5.90. The number of carbonyl (C=O) groups is 2. The minimum absolute atomic E-state index is 0.0861. The van der Waals surface area contributed by atoms with Crippen molar-refractivity contribution >= 4 is 45.1 Å². The average Bonchev–Trinajstić information content (AvgIpc) is 3.02. The zero-order chi connectivity index (χ0) is 20.4. The van der Waals surface area contributed by atoms with E-state index in [0.29, 0.717) is 10.0 Å². The van der Waals surface area contributed by atoms with E-state index in [9.17, 15) is 18.4 Å². The van der Waals surface area contributed by atoms with Gasteiger partial charge in [-0.3, -0.25) is 10.1 Å². The lowest BCUT2D eigenvalue weighted by atomic mass is 10.1. The maximum absolute atomic E-state index is 14.6. The van der Waals surface area contributed by atoms with Crippen molar-refractivity contribution in [3.05, 3.63) is 57.6 Å². The summed E-state index contributed by atoms with van der Waals surface area (Å²) in [5.41, 5.74) is -0.182. The number of rotatable bonds is 4. The molecule has 0 aliphatic rings. The quantitative estimate of drug-likeness (QED) is 0.679. The topological polar surface area (TPSA) is 71.5 Å². The van der Waals surface area contributed by atoms with Crippen LogP contribution in [0.4, 0.5) is 13.6 Å². The van der Waals surface area contributed by atoms with Crippen LogP contribution in [0.3, 0.4) is 0 Å². The predicted octanol–water partition coefficient (Wildman–Crippen LogP) is 4.22. The fourth-order valence-corrected chi connectivity index (χ4v) is 3.43. The summed E-state index contributed by atoms with van der Waals surface area (Å²) >= 11 is 7.25. The van der Waals surface area contributed by atoms with Crippen molar-refractivity contribution in [3.8, 4) is 5.75 Å². The van der Waals surface area contributed by atoms with E-state index in [1.807, 2.05) is 5.32 Å². The molecule has 1 heterocycles. The predicted molar refractivity (Wildman–Crippen MR) is 102 cm³/mol. The highest BCUT2D eigenvalue weighted by atomic mass is 35.5. The fourth-order valence-electron chi connectivity index (χ4n) is 2.27. The summed E-state index contributed by atoms with van der Waals surface area (Å²) in [6, 6.07) is 6.36. The Hall–Kier alpha value is -2.78. The summed E-state index contributed by atoms with van der Waals surface area (Å²) in [4.78, 5) is 29.0. The van der Waals surface area contributed by atoms with E-state index in [-0.39, 0.29) is 12.4 Å². The third-order valence-corrected chi connectivity index (χ3v) is 4.88. The molecule has 3 amide bonds. The van der Waals surface area contributed by atoms with Crippen molar-refractivity contribution in [2.45, 2.75) is 6.61 Å². The first kappa shape index (κ1) is 20.0. The molecule has 146 valence electrons. The number of thiazole rings is 1. The number of aromatic nitrogens is 1. The Kier molecular flexibility index (Phi) is 5.76. The Balaban J connectivity index is 1.80. The molecule has 3 aromatic rings. The van der Waals surface area contributed by atoms with Gasteiger partial charge in [-0.25, -0.2) is 18.6 Å². The van der Waals surface area contributed by atoms with Crippen LogP contribution in [0.15, 0.2) is 30.3 Å². The van der Waals surface area contributed by atoms with Gasteiger partial charge in [-0.05, 0) is 30.3 Å². The van der Waals surface area contributed by atoms with Crippen LogP contribution in [0.1, 0.15) is 15.4 Å². The van der Waals surface area contributed by atoms with Crippen LogP contribution in [0, 0.1) is 11.6 Å². The third-order valence-electron chi connectivity index (χ3n) is 3.66. The average molecular weight is 426 g/mol. The molecule has 0 bridgehead atoms. The van der Waals surface area contributed by atoms with Crippen molar-refractivity contribution in [1.82, 2.24) is 15.2 Å². The lowest BCUT2D eigenvalue weighted by Crippen LogP contribution is -2.39. The van der Waals surface area contributed by atoms with E-state index in [4.69, 9.17) is 16.3 Å². The number of halogens is 3. The molecule has 1 N–H and O–H groups in total. The van der Waals surface area contributed by atoms with E-state index in [1.165, 1.54) is 25.4 Å². The molecule has 0 saturated carbocycles. The molecule has 2 aromatic carbocycles. The van der Waals surface area contributed by atoms with Gasteiger partial charge in [0.25, 0.3) is 5.91 Å². The monoisotopic (exact) mass is 425 g/mol. The first-order valence-electron chi connectivity index (χ1n) is 7.94. The van der Waals surface area contributed by atoms with Gasteiger partial charge in [-0.15, -0.1) is 11.3 Å². The molecule has 3 rings (SSSR count). The van der Waals surface area contributed by atoms with E-state index in [2.05, 4.69) is 4.98 Å². The van der Waals surface area contributed by atoms with Crippen molar-refractivity contribution in [2.75, 3.05) is 14.1 Å². The maximum Gasteiger partial charge on any atom is 0.323 e. The number of fused-ring (bicyclic) bond motifs is 1. The molecule has 28 heavy (non-hydrogen) atoms. The Morgan fingerprint density at radius 2 is 2.00 bits per heavy atom. The Morgan fingerprint density at radius 3 is 2.71 bits per heavy atom. The van der Waals surface area contributed by atoms with Gasteiger partial charge < -0.3 is 9.64 Å². The molecule has 0 atom stereocenters. The molecule has 0 spiro atoms. The molecule has 0 fully saturated rings. The van der Waals surface area contributed by atoms with Gasteiger partial charge in [0.15, 0.2) is 11.6 Å². The van der Waals surface area contributed by atoms with E-state index < -0.39 is 29.1 Å². The molecule has 1 aromatic heterocycles. The van der Waals surface area contributed by atoms with E-state index >= 15 is 0 Å². The SMILES string of the molecule is CN(C)C(=O)NC(=O)c1c(F)ccc(OCc2nc3ccc(Cl)cc3s2)c1F. The molecule has 0 aliphatic carbocycles. The van der Waals surface area contributed by atoms with Crippen molar-refractivity contribution in [3.63, 3.8) is 0 Å². The number of nitrogens with zero attached hydrogens (tertiary/aromatic N) is 2. The molecular formula is C18H14ClF2N3O3S. The van der Waals surface area contributed by atoms with Gasteiger partial charge in [0.05, 0.1) is 10.2 Å². The van der Waals surface area contributed by atoms with Crippen molar-refractivity contribution in [1.29, 1.82) is 0 Å². The van der Waals surface area contributed by atoms with Gasteiger partial charge in [-0.2, -0.15) is 0 Å². The summed E-state index contributed by atoms with van der Waals surface area (Å²) in [6.07, 6.45) is 0. The number of carbonyl (C=O) groups excluding carboxylic acids is 2. The Labute approximate surface area is 167 Å². The number of hydrogen-bond donors (Lipinski definition) is 1. The zero-order valence-electron chi connectivity index (χ0n) is 14.8. The number of nitrogens with one attached hydrogen (secondary N) is 1. The van der Waals surface area contributed by atoms with Crippen molar-refractivity contribution < 1.29 is 23.1 Å². The minimum Gasteiger partial charge on any atom is -0.483 e. The summed E-state index contributed by atoms with van der Waals surface area (Å²) in [7, 11) is 2.78. The minimum atomic E-state index is -1.20. The first-order chi connectivity index (χ1) is 13.3. The van der Waals surface area contributed by atoms with Gasteiger partial charge in [-0.1, -0.05) is 11.6 Å². The largest absolute Gasteiger partial charge is 0.483 e. The summed E-state index contributed by atoms with van der Waals surface area (Å²) in [5, 5.41) is 3.01. The highest BCUT2D eigenvalue weighted by Gasteiger charge is 2.23. The van der Waals surface area contributed by atoms with Crippen molar-refractivity contribution in [2.24, 2.45) is 0 Å². The van der Waals surface area contributed by atoms with Crippen LogP contribution in [0.25, 0.3) is 10.2 Å². The maximum atomic E-state index is 14.6. The van der Waals surface area contributed by atoms with Gasteiger partial charge in [0.2, 0.25) is 0 Å². The van der Waals surface area contributed by atoms with Crippen LogP contribution in [0.5, 0.6) is 5.75 Å². The third kappa shape index (κ3) is 4.20. The van der Waals surface area contributed by atoms with Gasteiger partial charge >= 0.3 is 6.03 Å². The van der Waals surface area contributed by atoms with E-state index in [0.717, 1.165) is 27.2 Å². The lowest BCUT2D eigenvalue weighted by molar-refractivity contribution is 0.0947. The summed E-state index contributed by atoms with van der Waals surface area (Å²) in [5.74, 6) is -3.84. The number of hydrogen-bond acceptors (Lipinski definition) is 5. The first-order valence-corrected chi connectivity index (χ1v) is 9.14. The van der Waals surface area contributed by atoms with Crippen LogP contribution in [-0.2, 0) is 6.61 Å². The molecule has 10 heteroatoms. The number of benzene rings is 2. The number of amides is 3. The molecular weight excluding hydrogens is 412 g/mol. The molecule has 0 radical (unpaired) electrons. The highest BCUT2D eigenvalue weighted by molar-refractivity contribution is 7.18. The fraction of sp³-hybridized carbons (Fsp3) is 0.167. The smallest absolute Gasteiger partial charge is 0.323 e. The lowest BCUT2D eigenvalue weighted by Gasteiger charge is -2.13. The number of ether oxygens (including phenoxy) is 1. The standard InChI is InChI=1S/C18H14ClF2N3O3S/c1-24(2)18(26)23-17(25)15-10(20)4-6-12(16(15)21)27-8-14-22-11-5-3-9(19)7-13(11)28-14/h3-7H,8H2,1-2H3,(H,23,25,26). The van der Waals surface area contributed by atoms with Crippen LogP contribution in [0.2, 0.25) is 5.02 Å². The van der Waals surface area contributed by atoms with Crippen LogP contribution in [-0.4, -0.2) is 35.9 Å².